The Balaban J connectivity index is 1.59. The zero-order valence-corrected chi connectivity index (χ0v) is 15.5. The van der Waals surface area contributed by atoms with Gasteiger partial charge in [0.25, 0.3) is 5.24 Å². The number of amides is 2. The first-order valence-electron chi connectivity index (χ1n) is 8.18. The first kappa shape index (κ1) is 17.7. The number of imide groups is 1. The lowest BCUT2D eigenvalue weighted by atomic mass is 9.89. The predicted octanol–water partition coefficient (Wildman–Crippen LogP) is 4.90. The minimum Gasteiger partial charge on any atom is -0.493 e. The largest absolute Gasteiger partial charge is 0.493 e. The molecule has 27 heavy (non-hydrogen) atoms. The van der Waals surface area contributed by atoms with Gasteiger partial charge in [0.05, 0.1) is 18.2 Å². The number of fused-ring (bicyclic) bond motifs is 1. The van der Waals surface area contributed by atoms with Gasteiger partial charge in [-0.15, -0.1) is 0 Å². The number of benzene rings is 2. The van der Waals surface area contributed by atoms with Crippen LogP contribution in [0.2, 0.25) is 5.02 Å². The maximum Gasteiger partial charge on any atom is 0.286 e. The fourth-order valence-corrected chi connectivity index (χ4v) is 4.40. The Morgan fingerprint density at radius 3 is 2.81 bits per heavy atom. The van der Waals surface area contributed by atoms with Gasteiger partial charge in [0, 0.05) is 12.0 Å². The molecule has 0 bridgehead atoms. The highest BCUT2D eigenvalue weighted by Crippen LogP contribution is 2.44. The minimum atomic E-state index is -0.442. The number of ether oxygens (including phenoxy) is 2. The van der Waals surface area contributed by atoms with Gasteiger partial charge in [0.15, 0.2) is 5.69 Å². The van der Waals surface area contributed by atoms with E-state index in [2.05, 4.69) is 10.2 Å². The van der Waals surface area contributed by atoms with Crippen LogP contribution in [0.25, 0.3) is 4.85 Å². The Bertz CT molecular complexity index is 988. The fourth-order valence-electron chi connectivity index (χ4n) is 3.18. The van der Waals surface area contributed by atoms with Crippen LogP contribution >= 0.6 is 23.4 Å². The molecule has 1 fully saturated rings. The molecule has 0 aliphatic carbocycles. The summed E-state index contributed by atoms with van der Waals surface area (Å²) in [5.74, 6) is 1.25. The van der Waals surface area contributed by atoms with Crippen LogP contribution in [0.3, 0.4) is 0 Å². The molecule has 0 spiro atoms. The Hall–Kier alpha value is -2.69. The number of halogens is 1. The highest BCUT2D eigenvalue weighted by molar-refractivity contribution is 8.15. The van der Waals surface area contributed by atoms with E-state index < -0.39 is 5.25 Å². The van der Waals surface area contributed by atoms with E-state index >= 15 is 0 Å². The van der Waals surface area contributed by atoms with E-state index in [1.54, 1.807) is 30.3 Å². The summed E-state index contributed by atoms with van der Waals surface area (Å²) in [6.45, 7) is 7.47. The van der Waals surface area contributed by atoms with E-state index in [0.29, 0.717) is 41.0 Å². The molecular formula is C19H13ClN2O4S. The van der Waals surface area contributed by atoms with E-state index in [-0.39, 0.29) is 17.1 Å². The van der Waals surface area contributed by atoms with Crippen LogP contribution in [-0.2, 0) is 4.79 Å². The second-order valence-electron chi connectivity index (χ2n) is 6.09. The number of nitrogens with zero attached hydrogens (tertiary/aromatic N) is 1. The normalized spacial score (nSPS) is 21.0. The molecule has 1 unspecified atom stereocenters. The quantitative estimate of drug-likeness (QED) is 0.742. The van der Waals surface area contributed by atoms with Crippen molar-refractivity contribution in [2.45, 2.75) is 17.6 Å². The summed E-state index contributed by atoms with van der Waals surface area (Å²) in [5, 5.41) is 1.93. The fraction of sp³-hybridized carbons (Fsp3) is 0.211. The molecule has 8 heteroatoms. The summed E-state index contributed by atoms with van der Waals surface area (Å²) < 4.78 is 11.6. The zero-order valence-electron chi connectivity index (χ0n) is 13.9. The third-order valence-electron chi connectivity index (χ3n) is 4.43. The van der Waals surface area contributed by atoms with Gasteiger partial charge in [-0.1, -0.05) is 35.5 Å². The molecular weight excluding hydrogens is 388 g/mol. The van der Waals surface area contributed by atoms with Crippen molar-refractivity contribution < 1.29 is 19.1 Å². The molecule has 2 amide bonds. The number of rotatable bonds is 3. The van der Waals surface area contributed by atoms with E-state index in [1.807, 2.05) is 6.07 Å². The Labute approximate surface area is 164 Å². The van der Waals surface area contributed by atoms with Crippen molar-refractivity contribution in [1.82, 2.24) is 5.32 Å². The number of carbonyl (C=O) groups is 2. The lowest BCUT2D eigenvalue weighted by molar-refractivity contribution is -0.119. The van der Waals surface area contributed by atoms with Gasteiger partial charge in [0.1, 0.15) is 22.5 Å². The lowest BCUT2D eigenvalue weighted by Gasteiger charge is -2.28. The molecule has 4 rings (SSSR count). The Morgan fingerprint density at radius 1 is 1.26 bits per heavy atom. The lowest BCUT2D eigenvalue weighted by Crippen LogP contribution is -2.31. The Morgan fingerprint density at radius 2 is 2.11 bits per heavy atom. The second kappa shape index (κ2) is 7.14. The monoisotopic (exact) mass is 400 g/mol. The molecule has 2 atom stereocenters. The number of nitrogens with one attached hydrogen (secondary N) is 1. The van der Waals surface area contributed by atoms with Crippen molar-refractivity contribution in [2.24, 2.45) is 0 Å². The van der Waals surface area contributed by atoms with Crippen LogP contribution < -0.4 is 14.8 Å². The van der Waals surface area contributed by atoms with Crippen LogP contribution in [0.5, 0.6) is 17.2 Å². The average molecular weight is 401 g/mol. The molecule has 0 aromatic heterocycles. The Kier molecular flexibility index (Phi) is 4.68. The van der Waals surface area contributed by atoms with Crippen molar-refractivity contribution >= 4 is 40.2 Å². The molecule has 2 aromatic rings. The van der Waals surface area contributed by atoms with Gasteiger partial charge in [0.2, 0.25) is 5.91 Å². The SMILES string of the molecule is [C-]#[N+]c1ccc(Oc2ccc3c(c2)OCC[C@H]3C2SC(=O)NC2=O)c(Cl)c1. The van der Waals surface area contributed by atoms with Gasteiger partial charge in [-0.2, -0.15) is 0 Å². The van der Waals surface area contributed by atoms with Crippen molar-refractivity contribution in [1.29, 1.82) is 0 Å². The van der Waals surface area contributed by atoms with E-state index in [1.165, 1.54) is 0 Å². The molecule has 6 nitrogen and oxygen atoms in total. The second-order valence-corrected chi connectivity index (χ2v) is 7.61. The molecule has 0 radical (unpaired) electrons. The molecule has 2 aromatic carbocycles. The molecule has 1 saturated heterocycles. The van der Waals surface area contributed by atoms with Crippen LogP contribution in [-0.4, -0.2) is 23.0 Å². The van der Waals surface area contributed by atoms with Gasteiger partial charge in [-0.05, 0) is 30.2 Å². The summed E-state index contributed by atoms with van der Waals surface area (Å²) in [6.07, 6.45) is 0.662. The smallest absolute Gasteiger partial charge is 0.286 e. The molecule has 2 aliphatic rings. The number of carbonyl (C=O) groups excluding carboxylic acids is 2. The van der Waals surface area contributed by atoms with Crippen LogP contribution in [0, 0.1) is 6.57 Å². The van der Waals surface area contributed by atoms with Crippen molar-refractivity contribution in [3.63, 3.8) is 0 Å². The van der Waals surface area contributed by atoms with Gasteiger partial charge >= 0.3 is 0 Å². The van der Waals surface area contributed by atoms with E-state index in [4.69, 9.17) is 27.6 Å². The number of hydrogen-bond donors (Lipinski definition) is 1. The summed E-state index contributed by atoms with van der Waals surface area (Å²) >= 11 is 7.19. The molecule has 2 heterocycles. The van der Waals surface area contributed by atoms with Crippen LogP contribution in [0.15, 0.2) is 36.4 Å². The van der Waals surface area contributed by atoms with Gasteiger partial charge in [-0.3, -0.25) is 14.9 Å². The van der Waals surface area contributed by atoms with Crippen molar-refractivity contribution in [3.05, 3.63) is 58.4 Å². The van der Waals surface area contributed by atoms with Crippen molar-refractivity contribution in [3.8, 4) is 17.2 Å². The van der Waals surface area contributed by atoms with Gasteiger partial charge in [-0.25, -0.2) is 4.85 Å². The summed E-state index contributed by atoms with van der Waals surface area (Å²) in [6, 6.07) is 10.2. The van der Waals surface area contributed by atoms with Crippen LogP contribution in [0.1, 0.15) is 17.9 Å². The first-order valence-corrected chi connectivity index (χ1v) is 9.44. The molecule has 0 saturated carbocycles. The van der Waals surface area contributed by atoms with E-state index in [9.17, 15) is 9.59 Å². The standard InChI is InChI=1S/C19H13ClN2O4S/c1-21-10-2-5-15(14(20)8-10)26-11-3-4-12-13(6-7-25-16(12)9-11)17-18(23)22-19(24)27-17/h2-5,8-9,13,17H,6-7H2,(H,22,23,24)/t13-,17?/m1/s1. The predicted molar refractivity (Wildman–Crippen MR) is 102 cm³/mol. The number of hydrogen-bond acceptors (Lipinski definition) is 5. The third kappa shape index (κ3) is 3.46. The van der Waals surface area contributed by atoms with Crippen molar-refractivity contribution in [2.75, 3.05) is 6.61 Å². The average Bonchev–Trinajstić information content (AvgIpc) is 3.00. The maximum atomic E-state index is 12.0. The van der Waals surface area contributed by atoms with E-state index in [0.717, 1.165) is 17.3 Å². The highest BCUT2D eigenvalue weighted by atomic mass is 35.5. The summed E-state index contributed by atoms with van der Waals surface area (Å²) in [7, 11) is 0. The number of thioether (sulfide) groups is 1. The van der Waals surface area contributed by atoms with Crippen LogP contribution in [0.4, 0.5) is 10.5 Å². The summed E-state index contributed by atoms with van der Waals surface area (Å²) in [4.78, 5) is 26.9. The maximum absolute atomic E-state index is 12.0. The zero-order chi connectivity index (χ0) is 19.0. The first-order chi connectivity index (χ1) is 13.0. The topological polar surface area (TPSA) is 69.0 Å². The molecule has 2 aliphatic heterocycles. The molecule has 1 N–H and O–H groups in total. The highest BCUT2D eigenvalue weighted by Gasteiger charge is 2.40. The van der Waals surface area contributed by atoms with Gasteiger partial charge < -0.3 is 9.47 Å². The molecule has 136 valence electrons. The summed E-state index contributed by atoms with van der Waals surface area (Å²) in [5.41, 5.74) is 1.32. The third-order valence-corrected chi connectivity index (χ3v) is 5.83. The minimum absolute atomic E-state index is 0.0965.